The molecule has 0 radical (unpaired) electrons. The van der Waals surface area contributed by atoms with E-state index < -0.39 is 29.6 Å². The number of amides is 3. The standard InChI is InChI=1S/C35H30ClIN2O7S/c1-3-14-45-34(42)26-18-24(12-13-27(26)36)38-31(40)19-39-33(41)30(47-35(39)43)17-21-15-28(37)32(29(16-21)44-4-2)46-20-23-10-7-9-22-8-5-6-11-25(22)23/h5-13,15-18H,3-4,14,19-20H2,1-2H3,(H,38,40)/b30-17+. The van der Waals surface area contributed by atoms with Crippen molar-refractivity contribution in [1.82, 2.24) is 4.90 Å². The smallest absolute Gasteiger partial charge is 0.339 e. The molecule has 4 aromatic carbocycles. The third-order valence-corrected chi connectivity index (χ3v) is 9.00. The van der Waals surface area contributed by atoms with Crippen molar-refractivity contribution in [3.63, 3.8) is 0 Å². The van der Waals surface area contributed by atoms with E-state index in [2.05, 4.69) is 46.1 Å². The van der Waals surface area contributed by atoms with Gasteiger partial charge in [-0.2, -0.15) is 0 Å². The average molecular weight is 785 g/mol. The summed E-state index contributed by atoms with van der Waals surface area (Å²) in [5.41, 5.74) is 2.03. The largest absolute Gasteiger partial charge is 0.490 e. The van der Waals surface area contributed by atoms with Gasteiger partial charge in [-0.25, -0.2) is 4.79 Å². The lowest BCUT2D eigenvalue weighted by Crippen LogP contribution is -2.36. The SMILES string of the molecule is CCCOC(=O)c1cc(NC(=O)CN2C(=O)S/C(=C/c3cc(I)c(OCc4cccc5ccccc45)c(OCC)c3)C2=O)ccc1Cl. The number of ether oxygens (including phenoxy) is 3. The lowest BCUT2D eigenvalue weighted by molar-refractivity contribution is -0.127. The topological polar surface area (TPSA) is 111 Å². The summed E-state index contributed by atoms with van der Waals surface area (Å²) in [6.45, 7) is 4.18. The molecule has 0 spiro atoms. The normalized spacial score (nSPS) is 13.7. The number of carbonyl (C=O) groups excluding carboxylic acids is 4. The second-order valence-corrected chi connectivity index (χ2v) is 12.9. The predicted molar refractivity (Wildman–Crippen MR) is 192 cm³/mol. The van der Waals surface area contributed by atoms with Crippen LogP contribution >= 0.6 is 46.0 Å². The van der Waals surface area contributed by atoms with E-state index in [-0.39, 0.29) is 27.8 Å². The van der Waals surface area contributed by atoms with E-state index in [1.165, 1.54) is 18.2 Å². The van der Waals surface area contributed by atoms with Gasteiger partial charge in [0.25, 0.3) is 11.1 Å². The van der Waals surface area contributed by atoms with Crippen LogP contribution in [-0.2, 0) is 20.9 Å². The van der Waals surface area contributed by atoms with E-state index in [0.717, 1.165) is 36.6 Å². The van der Waals surface area contributed by atoms with Gasteiger partial charge in [0.2, 0.25) is 5.91 Å². The van der Waals surface area contributed by atoms with Crippen LogP contribution in [-0.4, -0.2) is 47.7 Å². The lowest BCUT2D eigenvalue weighted by Gasteiger charge is -2.16. The monoisotopic (exact) mass is 784 g/mol. The van der Waals surface area contributed by atoms with Crippen LogP contribution in [0.4, 0.5) is 10.5 Å². The summed E-state index contributed by atoms with van der Waals surface area (Å²) in [4.78, 5) is 52.2. The number of rotatable bonds is 12. The third kappa shape index (κ3) is 8.27. The minimum atomic E-state index is -0.621. The zero-order chi connectivity index (χ0) is 33.5. The fourth-order valence-corrected chi connectivity index (χ4v) is 6.62. The minimum absolute atomic E-state index is 0.0954. The molecule has 0 unspecified atom stereocenters. The van der Waals surface area contributed by atoms with Crippen molar-refractivity contribution >= 4 is 91.5 Å². The quantitative estimate of drug-likeness (QED) is 0.0868. The summed E-state index contributed by atoms with van der Waals surface area (Å²) in [5.74, 6) is -0.753. The Morgan fingerprint density at radius 1 is 1.00 bits per heavy atom. The highest BCUT2D eigenvalue weighted by Crippen LogP contribution is 2.38. The summed E-state index contributed by atoms with van der Waals surface area (Å²) >= 11 is 9.04. The maximum Gasteiger partial charge on any atom is 0.339 e. The number of hydrogen-bond donors (Lipinski definition) is 1. The molecule has 0 aliphatic carbocycles. The zero-order valence-electron chi connectivity index (χ0n) is 25.5. The van der Waals surface area contributed by atoms with Gasteiger partial charge in [0.15, 0.2) is 11.5 Å². The van der Waals surface area contributed by atoms with Crippen LogP contribution in [0.3, 0.4) is 0 Å². The van der Waals surface area contributed by atoms with Crippen molar-refractivity contribution in [1.29, 1.82) is 0 Å². The van der Waals surface area contributed by atoms with E-state index >= 15 is 0 Å². The fraction of sp³-hybridized carbons (Fsp3) is 0.200. The van der Waals surface area contributed by atoms with Crippen molar-refractivity contribution in [3.8, 4) is 11.5 Å². The Labute approximate surface area is 294 Å². The highest BCUT2D eigenvalue weighted by atomic mass is 127. The van der Waals surface area contributed by atoms with Gasteiger partial charge in [0, 0.05) is 5.69 Å². The summed E-state index contributed by atoms with van der Waals surface area (Å²) in [6.07, 6.45) is 2.24. The number of benzene rings is 4. The number of anilines is 1. The Morgan fingerprint density at radius 2 is 1.79 bits per heavy atom. The highest BCUT2D eigenvalue weighted by Gasteiger charge is 2.36. The van der Waals surface area contributed by atoms with Crippen LogP contribution in [0.2, 0.25) is 5.02 Å². The molecular formula is C35H30ClIN2O7S. The molecule has 1 heterocycles. The summed E-state index contributed by atoms with van der Waals surface area (Å²) in [6, 6.07) is 22.1. The van der Waals surface area contributed by atoms with Crippen LogP contribution < -0.4 is 14.8 Å². The van der Waals surface area contributed by atoms with Crippen molar-refractivity contribution in [3.05, 3.63) is 103 Å². The molecule has 3 amide bonds. The van der Waals surface area contributed by atoms with Crippen molar-refractivity contribution in [2.75, 3.05) is 25.1 Å². The fourth-order valence-electron chi connectivity index (χ4n) is 4.81. The molecule has 1 N–H and O–H groups in total. The van der Waals surface area contributed by atoms with Crippen LogP contribution in [0.25, 0.3) is 16.8 Å². The van der Waals surface area contributed by atoms with Gasteiger partial charge in [-0.3, -0.25) is 19.3 Å². The second-order valence-electron chi connectivity index (χ2n) is 10.3. The van der Waals surface area contributed by atoms with Crippen LogP contribution in [0.1, 0.15) is 41.8 Å². The Balaban J connectivity index is 1.28. The van der Waals surface area contributed by atoms with Crippen molar-refractivity contribution in [2.45, 2.75) is 26.9 Å². The predicted octanol–water partition coefficient (Wildman–Crippen LogP) is 8.32. The Bertz CT molecular complexity index is 1890. The molecule has 242 valence electrons. The number of fused-ring (bicyclic) bond motifs is 1. The molecule has 5 rings (SSSR count). The van der Waals surface area contributed by atoms with Gasteiger partial charge >= 0.3 is 5.97 Å². The number of halogens is 2. The van der Waals surface area contributed by atoms with Gasteiger partial charge in [0.05, 0.1) is 32.3 Å². The molecule has 0 aromatic heterocycles. The second kappa shape index (κ2) is 15.7. The summed E-state index contributed by atoms with van der Waals surface area (Å²) in [5, 5.41) is 4.43. The molecule has 0 saturated carbocycles. The van der Waals surface area contributed by atoms with Crippen molar-refractivity contribution in [2.24, 2.45) is 0 Å². The number of nitrogens with one attached hydrogen (secondary N) is 1. The van der Waals surface area contributed by atoms with E-state index in [1.54, 1.807) is 12.1 Å². The average Bonchev–Trinajstić information content (AvgIpc) is 3.31. The van der Waals surface area contributed by atoms with Crippen LogP contribution in [0.5, 0.6) is 11.5 Å². The summed E-state index contributed by atoms with van der Waals surface area (Å²) in [7, 11) is 0. The lowest BCUT2D eigenvalue weighted by atomic mass is 10.1. The number of imide groups is 1. The molecule has 9 nitrogen and oxygen atoms in total. The van der Waals surface area contributed by atoms with Crippen LogP contribution in [0.15, 0.2) is 77.7 Å². The highest BCUT2D eigenvalue weighted by molar-refractivity contribution is 14.1. The molecule has 12 heteroatoms. The first kappa shape index (κ1) is 34.3. The third-order valence-electron chi connectivity index (χ3n) is 6.96. The molecule has 1 saturated heterocycles. The number of thioether (sulfide) groups is 1. The molecular weight excluding hydrogens is 755 g/mol. The molecule has 4 aromatic rings. The van der Waals surface area contributed by atoms with Gasteiger partial charge < -0.3 is 19.5 Å². The zero-order valence-corrected chi connectivity index (χ0v) is 29.2. The first-order chi connectivity index (χ1) is 22.7. The molecule has 1 aliphatic heterocycles. The summed E-state index contributed by atoms with van der Waals surface area (Å²) < 4.78 is 18.1. The molecule has 0 atom stereocenters. The number of nitrogens with zero attached hydrogens (tertiary/aromatic N) is 1. The van der Waals surface area contributed by atoms with E-state index in [9.17, 15) is 19.2 Å². The van der Waals surface area contributed by atoms with E-state index in [4.69, 9.17) is 25.8 Å². The molecule has 0 bridgehead atoms. The Kier molecular flexibility index (Phi) is 11.4. The molecule has 1 aliphatic rings. The van der Waals surface area contributed by atoms with Crippen molar-refractivity contribution < 1.29 is 33.4 Å². The van der Waals surface area contributed by atoms with Gasteiger partial charge in [-0.1, -0.05) is 61.0 Å². The first-order valence-corrected chi connectivity index (χ1v) is 17.0. The van der Waals surface area contributed by atoms with E-state index in [0.29, 0.717) is 36.7 Å². The van der Waals surface area contributed by atoms with Crippen LogP contribution in [0, 0.1) is 3.57 Å². The Morgan fingerprint density at radius 3 is 2.57 bits per heavy atom. The first-order valence-electron chi connectivity index (χ1n) is 14.8. The minimum Gasteiger partial charge on any atom is -0.490 e. The van der Waals surface area contributed by atoms with Gasteiger partial charge in [0.1, 0.15) is 13.2 Å². The van der Waals surface area contributed by atoms with E-state index in [1.807, 2.05) is 44.2 Å². The maximum atomic E-state index is 13.2. The number of hydrogen-bond acceptors (Lipinski definition) is 8. The van der Waals surface area contributed by atoms with Gasteiger partial charge in [-0.05, 0) is 106 Å². The van der Waals surface area contributed by atoms with Gasteiger partial charge in [-0.15, -0.1) is 0 Å². The number of carbonyl (C=O) groups is 4. The number of esters is 1. The Hall–Kier alpha value is -4.07. The maximum absolute atomic E-state index is 13.2. The molecule has 47 heavy (non-hydrogen) atoms. The molecule has 1 fully saturated rings.